The van der Waals surface area contributed by atoms with Crippen molar-refractivity contribution in [1.82, 2.24) is 15.5 Å². The highest BCUT2D eigenvalue weighted by Gasteiger charge is 2.11. The second kappa shape index (κ2) is 10.3. The van der Waals surface area contributed by atoms with Crippen molar-refractivity contribution in [3.05, 3.63) is 34.3 Å². The van der Waals surface area contributed by atoms with Crippen molar-refractivity contribution in [1.29, 1.82) is 0 Å². The highest BCUT2D eigenvalue weighted by molar-refractivity contribution is 9.10. The van der Waals surface area contributed by atoms with Gasteiger partial charge in [0, 0.05) is 25.1 Å². The number of hydrogen-bond acceptors (Lipinski definition) is 2. The molecule has 0 fully saturated rings. The summed E-state index contributed by atoms with van der Waals surface area (Å²) in [5, 5.41) is 6.65. The first-order valence-corrected chi connectivity index (χ1v) is 8.74. The third-order valence-corrected chi connectivity index (χ3v) is 4.14. The molecular formula is C17H27BrN4O. The van der Waals surface area contributed by atoms with Crippen molar-refractivity contribution >= 4 is 27.8 Å². The summed E-state index contributed by atoms with van der Waals surface area (Å²) < 4.78 is 1.05. The van der Waals surface area contributed by atoms with E-state index in [2.05, 4.69) is 51.5 Å². The van der Waals surface area contributed by atoms with Gasteiger partial charge in [-0.1, -0.05) is 47.5 Å². The maximum Gasteiger partial charge on any atom is 0.243 e. The molecule has 0 spiro atoms. The minimum absolute atomic E-state index is 0.0184. The first-order chi connectivity index (χ1) is 11.0. The Kier molecular flexibility index (Phi) is 8.69. The summed E-state index contributed by atoms with van der Waals surface area (Å²) >= 11 is 3.57. The number of hydrogen-bond donors (Lipinski definition) is 2. The number of rotatable bonds is 7. The van der Waals surface area contributed by atoms with Crippen molar-refractivity contribution in [3.8, 4) is 0 Å². The van der Waals surface area contributed by atoms with Gasteiger partial charge >= 0.3 is 0 Å². The maximum atomic E-state index is 11.7. The van der Waals surface area contributed by atoms with Crippen LogP contribution in [0.5, 0.6) is 0 Å². The van der Waals surface area contributed by atoms with E-state index in [1.54, 1.807) is 19.0 Å². The normalized spacial score (nSPS) is 12.7. The number of benzene rings is 1. The maximum absolute atomic E-state index is 11.7. The highest BCUT2D eigenvalue weighted by atomic mass is 79.9. The van der Waals surface area contributed by atoms with Crippen LogP contribution in [-0.2, 0) is 4.79 Å². The molecular weight excluding hydrogens is 356 g/mol. The summed E-state index contributed by atoms with van der Waals surface area (Å²) in [4.78, 5) is 17.7. The number of carbonyl (C=O) groups excluding carboxylic acids is 1. The van der Waals surface area contributed by atoms with Crippen molar-refractivity contribution in [3.63, 3.8) is 0 Å². The summed E-state index contributed by atoms with van der Waals surface area (Å²) in [7, 11) is 3.47. The number of nitrogens with zero attached hydrogens (tertiary/aromatic N) is 2. The van der Waals surface area contributed by atoms with Gasteiger partial charge in [0.05, 0.1) is 6.04 Å². The smallest absolute Gasteiger partial charge is 0.243 e. The molecule has 1 amide bonds. The molecule has 6 heteroatoms. The molecule has 1 aromatic carbocycles. The van der Waals surface area contributed by atoms with Gasteiger partial charge in [0.2, 0.25) is 5.91 Å². The van der Waals surface area contributed by atoms with E-state index in [4.69, 9.17) is 0 Å². The van der Waals surface area contributed by atoms with Crippen LogP contribution in [-0.4, -0.2) is 44.0 Å². The van der Waals surface area contributed by atoms with Gasteiger partial charge in [-0.15, -0.1) is 0 Å². The largest absolute Gasteiger partial charge is 0.356 e. The van der Waals surface area contributed by atoms with Crippen LogP contribution in [0.15, 0.2) is 33.7 Å². The number of aliphatic imine (C=N–C) groups is 1. The van der Waals surface area contributed by atoms with Crippen LogP contribution in [0.1, 0.15) is 38.3 Å². The number of guanidine groups is 1. The number of carbonyl (C=O) groups is 1. The first kappa shape index (κ1) is 19.5. The number of amides is 1. The number of halogens is 1. The fraction of sp³-hybridized carbons (Fsp3) is 0.529. The zero-order chi connectivity index (χ0) is 17.2. The molecule has 2 N–H and O–H groups in total. The predicted octanol–water partition coefficient (Wildman–Crippen LogP) is 2.93. The van der Waals surface area contributed by atoms with E-state index in [-0.39, 0.29) is 18.5 Å². The molecule has 0 aliphatic rings. The van der Waals surface area contributed by atoms with Gasteiger partial charge in [0.1, 0.15) is 6.54 Å². The van der Waals surface area contributed by atoms with Crippen molar-refractivity contribution in [2.45, 2.75) is 32.7 Å². The molecule has 0 saturated carbocycles. The van der Waals surface area contributed by atoms with Gasteiger partial charge < -0.3 is 15.5 Å². The molecule has 0 aromatic heterocycles. The van der Waals surface area contributed by atoms with E-state index in [0.717, 1.165) is 29.4 Å². The minimum Gasteiger partial charge on any atom is -0.356 e. The van der Waals surface area contributed by atoms with E-state index in [0.29, 0.717) is 5.96 Å². The van der Waals surface area contributed by atoms with E-state index in [9.17, 15) is 4.79 Å². The number of nitrogens with one attached hydrogen (secondary N) is 2. The fourth-order valence-electron chi connectivity index (χ4n) is 1.93. The molecule has 0 heterocycles. The molecule has 1 atom stereocenters. The van der Waals surface area contributed by atoms with Crippen LogP contribution in [0.4, 0.5) is 0 Å². The average Bonchev–Trinajstić information content (AvgIpc) is 2.52. The Labute approximate surface area is 147 Å². The second-order valence-electron chi connectivity index (χ2n) is 5.62. The molecule has 1 rings (SSSR count). The second-order valence-corrected chi connectivity index (χ2v) is 6.48. The Morgan fingerprint density at radius 2 is 2.04 bits per heavy atom. The summed E-state index contributed by atoms with van der Waals surface area (Å²) in [6.07, 6.45) is 2.17. The lowest BCUT2D eigenvalue weighted by atomic mass is 10.1. The van der Waals surface area contributed by atoms with E-state index in [1.807, 2.05) is 18.2 Å². The third kappa shape index (κ3) is 7.03. The van der Waals surface area contributed by atoms with Crippen LogP contribution < -0.4 is 10.6 Å². The molecule has 1 aromatic rings. The minimum atomic E-state index is -0.0184. The molecule has 0 bridgehead atoms. The number of unbranched alkanes of at least 4 members (excludes halogenated alkanes) is 1. The zero-order valence-corrected chi connectivity index (χ0v) is 16.0. The van der Waals surface area contributed by atoms with Gasteiger partial charge in [-0.2, -0.15) is 0 Å². The predicted molar refractivity (Wildman–Crippen MR) is 99.6 cm³/mol. The van der Waals surface area contributed by atoms with Gasteiger partial charge in [0.15, 0.2) is 5.96 Å². The van der Waals surface area contributed by atoms with E-state index in [1.165, 1.54) is 0 Å². The molecule has 0 radical (unpaired) electrons. The molecule has 0 saturated heterocycles. The Bertz CT molecular complexity index is 531. The Hall–Kier alpha value is -1.56. The van der Waals surface area contributed by atoms with Crippen LogP contribution in [0.3, 0.4) is 0 Å². The molecule has 128 valence electrons. The first-order valence-electron chi connectivity index (χ1n) is 7.95. The molecule has 1 unspecified atom stereocenters. The average molecular weight is 383 g/mol. The lowest BCUT2D eigenvalue weighted by Gasteiger charge is -2.20. The van der Waals surface area contributed by atoms with Crippen LogP contribution in [0.25, 0.3) is 0 Å². The standard InChI is InChI=1S/C17H27BrN4O/c1-5-6-11-19-17(20-12-16(23)22(3)4)21-13(2)14-9-7-8-10-15(14)18/h7-10,13H,5-6,11-12H2,1-4H3,(H2,19,20,21). The van der Waals surface area contributed by atoms with Gasteiger partial charge in [0.25, 0.3) is 0 Å². The lowest BCUT2D eigenvalue weighted by molar-refractivity contribution is -0.127. The van der Waals surface area contributed by atoms with Gasteiger partial charge in [-0.25, -0.2) is 4.99 Å². The van der Waals surface area contributed by atoms with Crippen molar-refractivity contribution in [2.75, 3.05) is 27.2 Å². The number of likely N-dealkylation sites (N-methyl/N-ethyl adjacent to an activating group) is 1. The summed E-state index contributed by atoms with van der Waals surface area (Å²) in [6.45, 7) is 5.19. The van der Waals surface area contributed by atoms with E-state index >= 15 is 0 Å². The van der Waals surface area contributed by atoms with Crippen LogP contribution in [0, 0.1) is 0 Å². The Morgan fingerprint density at radius 3 is 2.65 bits per heavy atom. The summed E-state index contributed by atoms with van der Waals surface area (Å²) in [6, 6.07) is 8.16. The highest BCUT2D eigenvalue weighted by Crippen LogP contribution is 2.22. The summed E-state index contributed by atoms with van der Waals surface area (Å²) in [5.41, 5.74) is 1.15. The zero-order valence-electron chi connectivity index (χ0n) is 14.4. The molecule has 0 aliphatic carbocycles. The fourth-order valence-corrected chi connectivity index (χ4v) is 2.56. The van der Waals surface area contributed by atoms with Crippen LogP contribution >= 0.6 is 15.9 Å². The lowest BCUT2D eigenvalue weighted by Crippen LogP contribution is -2.40. The Morgan fingerprint density at radius 1 is 1.35 bits per heavy atom. The van der Waals surface area contributed by atoms with E-state index < -0.39 is 0 Å². The molecule has 0 aliphatic heterocycles. The quantitative estimate of drug-likeness (QED) is 0.433. The topological polar surface area (TPSA) is 56.7 Å². The molecule has 5 nitrogen and oxygen atoms in total. The third-order valence-electron chi connectivity index (χ3n) is 3.42. The van der Waals surface area contributed by atoms with Crippen molar-refractivity contribution in [2.24, 2.45) is 4.99 Å². The van der Waals surface area contributed by atoms with Crippen molar-refractivity contribution < 1.29 is 4.79 Å². The molecule has 23 heavy (non-hydrogen) atoms. The van der Waals surface area contributed by atoms with Gasteiger partial charge in [-0.05, 0) is 25.0 Å². The van der Waals surface area contributed by atoms with Gasteiger partial charge in [-0.3, -0.25) is 4.79 Å². The monoisotopic (exact) mass is 382 g/mol. The van der Waals surface area contributed by atoms with Crippen LogP contribution in [0.2, 0.25) is 0 Å². The summed E-state index contributed by atoms with van der Waals surface area (Å²) in [5.74, 6) is 0.645. The SMILES string of the molecule is CCCCNC(=NCC(=O)N(C)C)NC(C)c1ccccc1Br. The Balaban J connectivity index is 2.76.